The zero-order valence-corrected chi connectivity index (χ0v) is 10.7. The molecule has 0 aromatic carbocycles. The Hall–Kier alpha value is -1.85. The number of hydrogen-bond acceptors (Lipinski definition) is 10. The molecule has 0 unspecified atom stereocenters. The van der Waals surface area contributed by atoms with Crippen LogP contribution in [0, 0.1) is 17.0 Å². The molecule has 94 valence electrons. The highest BCUT2D eigenvalue weighted by atomic mass is 32.2. The first-order chi connectivity index (χ1) is 8.61. The Morgan fingerprint density at radius 1 is 1.56 bits per heavy atom. The van der Waals surface area contributed by atoms with Crippen molar-refractivity contribution >= 4 is 34.9 Å². The van der Waals surface area contributed by atoms with Crippen LogP contribution in [0.2, 0.25) is 0 Å². The van der Waals surface area contributed by atoms with Gasteiger partial charge >= 0.3 is 5.69 Å². The maximum Gasteiger partial charge on any atom is 0.322 e. The van der Waals surface area contributed by atoms with Crippen molar-refractivity contribution in [1.82, 2.24) is 19.3 Å². The van der Waals surface area contributed by atoms with Gasteiger partial charge in [-0.05, 0) is 30.2 Å². The van der Waals surface area contributed by atoms with Gasteiger partial charge in [0.05, 0.1) is 4.92 Å². The molecular formula is C7H7N7O2S2. The van der Waals surface area contributed by atoms with Gasteiger partial charge in [-0.1, -0.05) is 0 Å². The fourth-order valence-electron chi connectivity index (χ4n) is 1.18. The Kier molecular flexibility index (Phi) is 3.64. The van der Waals surface area contributed by atoms with E-state index in [0.717, 1.165) is 23.3 Å². The molecule has 11 heteroatoms. The topological polar surface area (TPSA) is 133 Å². The Labute approximate surface area is 109 Å². The number of aromatic nitrogens is 4. The third kappa shape index (κ3) is 2.52. The van der Waals surface area contributed by atoms with E-state index in [4.69, 9.17) is 5.84 Å². The summed E-state index contributed by atoms with van der Waals surface area (Å²) in [6, 6.07) is 0. The molecule has 0 aliphatic carbocycles. The molecule has 0 bridgehead atoms. The highest BCUT2D eigenvalue weighted by Gasteiger charge is 2.23. The molecule has 2 rings (SSSR count). The van der Waals surface area contributed by atoms with E-state index < -0.39 is 4.92 Å². The van der Waals surface area contributed by atoms with Crippen LogP contribution in [0.15, 0.2) is 15.7 Å². The lowest BCUT2D eigenvalue weighted by molar-refractivity contribution is -0.389. The maximum atomic E-state index is 11.0. The Bertz CT molecular complexity index is 573. The molecule has 18 heavy (non-hydrogen) atoms. The molecule has 0 spiro atoms. The molecule has 2 heterocycles. The number of nitrogens with one attached hydrogen (secondary N) is 1. The summed E-state index contributed by atoms with van der Waals surface area (Å²) in [7, 11) is 0. The fourth-order valence-corrected chi connectivity index (χ4v) is 2.69. The third-order valence-corrected chi connectivity index (χ3v) is 3.56. The highest BCUT2D eigenvalue weighted by Crippen LogP contribution is 2.35. The van der Waals surface area contributed by atoms with Gasteiger partial charge in [-0.2, -0.15) is 9.36 Å². The largest absolute Gasteiger partial charge is 0.322 e. The van der Waals surface area contributed by atoms with Gasteiger partial charge in [0.15, 0.2) is 9.37 Å². The second kappa shape index (κ2) is 5.20. The van der Waals surface area contributed by atoms with Gasteiger partial charge in [0, 0.05) is 0 Å². The predicted octanol–water partition coefficient (Wildman–Crippen LogP) is 0.982. The SMILES string of the molecule is Cc1nc(NN)nc(Sc2ncns2)c1[N+](=O)[O-]. The molecular weight excluding hydrogens is 278 g/mol. The summed E-state index contributed by atoms with van der Waals surface area (Å²) in [5.41, 5.74) is 2.34. The molecule has 0 radical (unpaired) electrons. The maximum absolute atomic E-state index is 11.0. The molecule has 0 saturated carbocycles. The van der Waals surface area contributed by atoms with Crippen LogP contribution in [0.3, 0.4) is 0 Å². The monoisotopic (exact) mass is 285 g/mol. The number of nitro groups is 1. The van der Waals surface area contributed by atoms with Crippen molar-refractivity contribution in [1.29, 1.82) is 0 Å². The van der Waals surface area contributed by atoms with E-state index in [1.54, 1.807) is 0 Å². The zero-order valence-electron chi connectivity index (χ0n) is 9.02. The first-order valence-electron chi connectivity index (χ1n) is 4.56. The fraction of sp³-hybridized carbons (Fsp3) is 0.143. The lowest BCUT2D eigenvalue weighted by Gasteiger charge is -2.04. The lowest BCUT2D eigenvalue weighted by atomic mass is 10.4. The van der Waals surface area contributed by atoms with E-state index in [-0.39, 0.29) is 22.4 Å². The summed E-state index contributed by atoms with van der Waals surface area (Å²) < 4.78 is 4.37. The summed E-state index contributed by atoms with van der Waals surface area (Å²) >= 11 is 2.17. The second-order valence-electron chi connectivity index (χ2n) is 3.00. The van der Waals surface area contributed by atoms with Crippen LogP contribution in [0.25, 0.3) is 0 Å². The molecule has 0 saturated heterocycles. The number of aryl methyl sites for hydroxylation is 1. The first kappa shape index (κ1) is 12.6. The van der Waals surface area contributed by atoms with Crippen LogP contribution in [0.4, 0.5) is 11.6 Å². The lowest BCUT2D eigenvalue weighted by Crippen LogP contribution is -2.12. The van der Waals surface area contributed by atoms with E-state index in [2.05, 4.69) is 24.8 Å². The van der Waals surface area contributed by atoms with Gasteiger partial charge in [-0.15, -0.1) is 0 Å². The van der Waals surface area contributed by atoms with Crippen LogP contribution in [-0.4, -0.2) is 24.2 Å². The number of nitrogens with zero attached hydrogens (tertiary/aromatic N) is 5. The summed E-state index contributed by atoms with van der Waals surface area (Å²) in [6.07, 6.45) is 1.37. The van der Waals surface area contributed by atoms with Crippen LogP contribution in [0.1, 0.15) is 5.69 Å². The molecule has 9 nitrogen and oxygen atoms in total. The summed E-state index contributed by atoms with van der Waals surface area (Å²) in [6.45, 7) is 1.52. The van der Waals surface area contributed by atoms with Gasteiger partial charge in [0.2, 0.25) is 5.95 Å². The number of nitrogen functional groups attached to an aromatic ring is 1. The summed E-state index contributed by atoms with van der Waals surface area (Å²) in [5, 5.41) is 11.2. The first-order valence-corrected chi connectivity index (χ1v) is 6.15. The molecule has 3 N–H and O–H groups in total. The Morgan fingerprint density at radius 2 is 2.33 bits per heavy atom. The molecule has 0 amide bonds. The third-order valence-electron chi connectivity index (χ3n) is 1.86. The average Bonchev–Trinajstić information content (AvgIpc) is 2.80. The van der Waals surface area contributed by atoms with Crippen molar-refractivity contribution in [3.8, 4) is 0 Å². The minimum absolute atomic E-state index is 0.116. The normalized spacial score (nSPS) is 10.3. The molecule has 0 atom stereocenters. The number of hydrogen-bond donors (Lipinski definition) is 2. The average molecular weight is 285 g/mol. The van der Waals surface area contributed by atoms with Crippen molar-refractivity contribution < 1.29 is 4.92 Å². The molecule has 0 aliphatic heterocycles. The van der Waals surface area contributed by atoms with E-state index in [9.17, 15) is 10.1 Å². The number of anilines is 1. The second-order valence-corrected chi connectivity index (χ2v) is 5.01. The highest BCUT2D eigenvalue weighted by molar-refractivity contribution is 8.01. The molecule has 0 aliphatic rings. The van der Waals surface area contributed by atoms with Crippen LogP contribution in [-0.2, 0) is 0 Å². The van der Waals surface area contributed by atoms with Crippen LogP contribution >= 0.6 is 23.3 Å². The van der Waals surface area contributed by atoms with Gasteiger partial charge in [0.25, 0.3) is 0 Å². The minimum atomic E-state index is -0.529. The van der Waals surface area contributed by atoms with Gasteiger partial charge < -0.3 is 0 Å². The molecule has 0 fully saturated rings. The smallest absolute Gasteiger partial charge is 0.292 e. The molecule has 2 aromatic heterocycles. The van der Waals surface area contributed by atoms with Crippen LogP contribution in [0.5, 0.6) is 0 Å². The number of hydrazine groups is 1. The van der Waals surface area contributed by atoms with E-state index >= 15 is 0 Å². The zero-order chi connectivity index (χ0) is 13.1. The van der Waals surface area contributed by atoms with E-state index in [1.165, 1.54) is 13.3 Å². The van der Waals surface area contributed by atoms with Gasteiger partial charge in [0.1, 0.15) is 12.0 Å². The van der Waals surface area contributed by atoms with Crippen molar-refractivity contribution in [2.24, 2.45) is 5.84 Å². The Morgan fingerprint density at radius 3 is 2.89 bits per heavy atom. The van der Waals surface area contributed by atoms with Crippen molar-refractivity contribution in [3.63, 3.8) is 0 Å². The van der Waals surface area contributed by atoms with E-state index in [0.29, 0.717) is 4.34 Å². The van der Waals surface area contributed by atoms with Gasteiger partial charge in [-0.3, -0.25) is 15.5 Å². The summed E-state index contributed by atoms with van der Waals surface area (Å²) in [5.74, 6) is 5.32. The van der Waals surface area contributed by atoms with Crippen molar-refractivity contribution in [2.75, 3.05) is 5.43 Å². The van der Waals surface area contributed by atoms with E-state index in [1.807, 2.05) is 0 Å². The van der Waals surface area contributed by atoms with Crippen molar-refractivity contribution in [2.45, 2.75) is 16.3 Å². The standard InChI is InChI=1S/C7H7N7O2S2/c1-3-4(14(15)16)5(12-6(11-3)13-8)17-7-9-2-10-18-7/h2H,8H2,1H3,(H,11,12,13). The molecule has 2 aromatic rings. The Balaban J connectivity index is 2.48. The quantitative estimate of drug-likeness (QED) is 0.365. The number of nitrogens with two attached hydrogens (primary N) is 1. The minimum Gasteiger partial charge on any atom is -0.292 e. The van der Waals surface area contributed by atoms with Crippen molar-refractivity contribution in [3.05, 3.63) is 22.1 Å². The summed E-state index contributed by atoms with van der Waals surface area (Å²) in [4.78, 5) is 22.2. The predicted molar refractivity (Wildman–Crippen MR) is 65.3 cm³/mol. The van der Waals surface area contributed by atoms with Gasteiger partial charge in [-0.25, -0.2) is 15.8 Å². The van der Waals surface area contributed by atoms with Crippen LogP contribution < -0.4 is 11.3 Å². The number of rotatable bonds is 4.